The summed E-state index contributed by atoms with van der Waals surface area (Å²) in [6.45, 7) is 1.75. The molecule has 8 heteroatoms. The molecule has 0 spiro atoms. The Morgan fingerprint density at radius 2 is 2.13 bits per heavy atom. The molecule has 0 fully saturated rings. The van der Waals surface area contributed by atoms with Crippen LogP contribution in [-0.2, 0) is 13.2 Å². The predicted octanol–water partition coefficient (Wildman–Crippen LogP) is 3.10. The van der Waals surface area contributed by atoms with Crippen molar-refractivity contribution in [1.82, 2.24) is 20.1 Å². The van der Waals surface area contributed by atoms with Gasteiger partial charge in [-0.2, -0.15) is 18.3 Å². The minimum absolute atomic E-state index is 0.213. The Bertz CT molecular complexity index is 755. The maximum absolute atomic E-state index is 13.1. The van der Waals surface area contributed by atoms with Crippen LogP contribution in [0.4, 0.5) is 19.0 Å². The summed E-state index contributed by atoms with van der Waals surface area (Å²) in [4.78, 5) is 2.95. The van der Waals surface area contributed by atoms with E-state index in [1.807, 2.05) is 12.1 Å². The number of aromatic amines is 1. The van der Waals surface area contributed by atoms with Gasteiger partial charge in [0, 0.05) is 36.9 Å². The predicted molar refractivity (Wildman–Crippen MR) is 81.3 cm³/mol. The van der Waals surface area contributed by atoms with Crippen LogP contribution in [0, 0.1) is 0 Å². The van der Waals surface area contributed by atoms with E-state index in [1.165, 1.54) is 7.05 Å². The zero-order valence-corrected chi connectivity index (χ0v) is 12.6. The molecule has 1 aliphatic heterocycles. The molecule has 0 aliphatic carbocycles. The van der Waals surface area contributed by atoms with Crippen LogP contribution >= 0.6 is 0 Å². The van der Waals surface area contributed by atoms with Crippen LogP contribution in [0.1, 0.15) is 18.1 Å². The van der Waals surface area contributed by atoms with E-state index < -0.39 is 17.4 Å². The Morgan fingerprint density at radius 3 is 2.78 bits per heavy atom. The minimum atomic E-state index is -4.47. The number of nitrogens with one attached hydrogen (secondary N) is 3. The molecule has 0 saturated heterocycles. The standard InChI is InChI=1S/C15H16F3N5/c1-14(6-3-4-12(20-14)10-5-7-19-8-10)21-13-11(15(16,17)18)9-23(2)22-13/h3-9,19-20H,1-2H3,(H,21,22). The number of allylic oxidation sites excluding steroid dienone is 2. The lowest BCUT2D eigenvalue weighted by Crippen LogP contribution is -2.48. The van der Waals surface area contributed by atoms with E-state index in [9.17, 15) is 13.2 Å². The second-order valence-corrected chi connectivity index (χ2v) is 5.55. The van der Waals surface area contributed by atoms with Gasteiger partial charge in [0.05, 0.1) is 0 Å². The van der Waals surface area contributed by atoms with Gasteiger partial charge in [-0.3, -0.25) is 4.68 Å². The van der Waals surface area contributed by atoms with Gasteiger partial charge in [-0.1, -0.05) is 6.08 Å². The highest BCUT2D eigenvalue weighted by Crippen LogP contribution is 2.35. The number of aryl methyl sites for hydroxylation is 1. The Morgan fingerprint density at radius 1 is 1.35 bits per heavy atom. The van der Waals surface area contributed by atoms with Gasteiger partial charge in [0.25, 0.3) is 0 Å². The number of hydrogen-bond donors (Lipinski definition) is 3. The third-order valence-electron chi connectivity index (χ3n) is 3.51. The van der Waals surface area contributed by atoms with Crippen molar-refractivity contribution >= 4 is 11.5 Å². The van der Waals surface area contributed by atoms with E-state index in [0.29, 0.717) is 0 Å². The molecule has 122 valence electrons. The fourth-order valence-corrected chi connectivity index (χ4v) is 2.47. The average molecular weight is 323 g/mol. The summed E-state index contributed by atoms with van der Waals surface area (Å²) in [5.74, 6) is -0.213. The van der Waals surface area contributed by atoms with Gasteiger partial charge >= 0.3 is 6.18 Å². The molecule has 1 aliphatic rings. The third kappa shape index (κ3) is 3.10. The largest absolute Gasteiger partial charge is 0.421 e. The molecule has 1 atom stereocenters. The Kier molecular flexibility index (Phi) is 3.46. The maximum atomic E-state index is 13.1. The second kappa shape index (κ2) is 5.22. The van der Waals surface area contributed by atoms with Crippen molar-refractivity contribution in [2.75, 3.05) is 5.32 Å². The SMILES string of the molecule is Cn1cc(C(F)(F)F)c(NC2(C)C=CC=C(c3cc[nH]c3)N2)n1. The Labute approximate surface area is 130 Å². The number of hydrogen-bond acceptors (Lipinski definition) is 3. The number of rotatable bonds is 3. The van der Waals surface area contributed by atoms with Crippen LogP contribution in [-0.4, -0.2) is 20.4 Å². The van der Waals surface area contributed by atoms with Gasteiger partial charge in [0.15, 0.2) is 5.82 Å². The van der Waals surface area contributed by atoms with Crippen LogP contribution in [0.5, 0.6) is 0 Å². The maximum Gasteiger partial charge on any atom is 0.421 e. The lowest BCUT2D eigenvalue weighted by atomic mass is 10.1. The number of aromatic nitrogens is 3. The molecule has 1 unspecified atom stereocenters. The van der Waals surface area contributed by atoms with Crippen molar-refractivity contribution in [3.05, 3.63) is 54.0 Å². The third-order valence-corrected chi connectivity index (χ3v) is 3.51. The van der Waals surface area contributed by atoms with Gasteiger partial charge < -0.3 is 15.6 Å². The number of halogens is 3. The average Bonchev–Trinajstić information content (AvgIpc) is 3.07. The number of alkyl halides is 3. The summed E-state index contributed by atoms with van der Waals surface area (Å²) in [6.07, 6.45) is 5.48. The highest BCUT2D eigenvalue weighted by Gasteiger charge is 2.38. The van der Waals surface area contributed by atoms with E-state index in [2.05, 4.69) is 20.7 Å². The van der Waals surface area contributed by atoms with Crippen LogP contribution in [0.25, 0.3) is 5.70 Å². The highest BCUT2D eigenvalue weighted by molar-refractivity contribution is 5.68. The Balaban J connectivity index is 1.86. The van der Waals surface area contributed by atoms with Crippen LogP contribution in [0.15, 0.2) is 42.9 Å². The summed E-state index contributed by atoms with van der Waals surface area (Å²) in [5.41, 5.74) is 0.0252. The van der Waals surface area contributed by atoms with E-state index in [0.717, 1.165) is 22.1 Å². The van der Waals surface area contributed by atoms with Crippen molar-refractivity contribution in [3.63, 3.8) is 0 Å². The first-order chi connectivity index (χ1) is 10.8. The first-order valence-corrected chi connectivity index (χ1v) is 6.97. The normalized spacial score (nSPS) is 21.0. The van der Waals surface area contributed by atoms with E-state index in [-0.39, 0.29) is 5.82 Å². The molecule has 5 nitrogen and oxygen atoms in total. The molecule has 0 saturated carbocycles. The van der Waals surface area contributed by atoms with Crippen molar-refractivity contribution < 1.29 is 13.2 Å². The van der Waals surface area contributed by atoms with E-state index in [4.69, 9.17) is 0 Å². The summed E-state index contributed by atoms with van der Waals surface area (Å²) in [6, 6.07) is 1.88. The molecule has 0 amide bonds. The van der Waals surface area contributed by atoms with Crippen LogP contribution < -0.4 is 10.6 Å². The minimum Gasteiger partial charge on any atom is -0.367 e. The molecule has 0 aromatic carbocycles. The lowest BCUT2D eigenvalue weighted by molar-refractivity contribution is -0.137. The summed E-state index contributed by atoms with van der Waals surface area (Å²) >= 11 is 0. The topological polar surface area (TPSA) is 57.7 Å². The molecule has 23 heavy (non-hydrogen) atoms. The lowest BCUT2D eigenvalue weighted by Gasteiger charge is -2.33. The van der Waals surface area contributed by atoms with Crippen LogP contribution in [0.3, 0.4) is 0 Å². The smallest absolute Gasteiger partial charge is 0.367 e. The molecule has 3 rings (SSSR count). The zero-order chi connectivity index (χ0) is 16.7. The molecule has 3 heterocycles. The Hall–Kier alpha value is -2.64. The van der Waals surface area contributed by atoms with Crippen molar-refractivity contribution in [2.24, 2.45) is 7.05 Å². The van der Waals surface area contributed by atoms with Gasteiger partial charge in [-0.05, 0) is 25.1 Å². The quantitative estimate of drug-likeness (QED) is 0.813. The number of H-pyrrole nitrogens is 1. The summed E-state index contributed by atoms with van der Waals surface area (Å²) in [7, 11) is 1.46. The molecule has 0 radical (unpaired) electrons. The van der Waals surface area contributed by atoms with Gasteiger partial charge in [0.1, 0.15) is 11.2 Å². The fraction of sp³-hybridized carbons (Fsp3) is 0.267. The summed E-state index contributed by atoms with van der Waals surface area (Å²) in [5, 5.41) is 9.93. The van der Waals surface area contributed by atoms with Crippen LogP contribution in [0.2, 0.25) is 0 Å². The second-order valence-electron chi connectivity index (χ2n) is 5.55. The molecular formula is C15H16F3N5. The van der Waals surface area contributed by atoms with E-state index >= 15 is 0 Å². The monoisotopic (exact) mass is 323 g/mol. The zero-order valence-electron chi connectivity index (χ0n) is 12.6. The van der Waals surface area contributed by atoms with Gasteiger partial charge in [-0.15, -0.1) is 0 Å². The highest BCUT2D eigenvalue weighted by atomic mass is 19.4. The first-order valence-electron chi connectivity index (χ1n) is 6.97. The fourth-order valence-electron chi connectivity index (χ4n) is 2.47. The number of dihydropyridines is 1. The number of nitrogens with zero attached hydrogens (tertiary/aromatic N) is 2. The number of anilines is 1. The molecule has 3 N–H and O–H groups in total. The molecule has 2 aromatic rings. The van der Waals surface area contributed by atoms with Crippen molar-refractivity contribution in [2.45, 2.75) is 18.8 Å². The van der Waals surface area contributed by atoms with Crippen molar-refractivity contribution in [1.29, 1.82) is 0 Å². The molecular weight excluding hydrogens is 307 g/mol. The molecule has 2 aromatic heterocycles. The van der Waals surface area contributed by atoms with Gasteiger partial charge in [-0.25, -0.2) is 0 Å². The van der Waals surface area contributed by atoms with Gasteiger partial charge in [0.2, 0.25) is 0 Å². The first kappa shape index (κ1) is 15.3. The van der Waals surface area contributed by atoms with Crippen molar-refractivity contribution in [3.8, 4) is 0 Å². The molecule has 0 bridgehead atoms. The van der Waals surface area contributed by atoms with E-state index in [1.54, 1.807) is 31.5 Å². The summed E-state index contributed by atoms with van der Waals surface area (Å²) < 4.78 is 40.4.